The van der Waals surface area contributed by atoms with Crippen molar-refractivity contribution in [3.05, 3.63) is 0 Å². The third-order valence-electron chi connectivity index (χ3n) is 4.34. The molecule has 1 saturated heterocycles. The average Bonchev–Trinajstić information content (AvgIpc) is 2.27. The van der Waals surface area contributed by atoms with E-state index in [1.165, 1.54) is 19.3 Å². The molecule has 2 fully saturated rings. The number of nitrogens with zero attached hydrogens (tertiary/aromatic N) is 1. The quantitative estimate of drug-likeness (QED) is 0.734. The normalized spacial score (nSPS) is 27.4. The first-order valence-corrected chi connectivity index (χ1v) is 7.59. The van der Waals surface area contributed by atoms with Gasteiger partial charge in [-0.15, -0.1) is 0 Å². The number of carbonyl (C=O) groups excluding carboxylic acids is 1. The number of rotatable bonds is 0. The van der Waals surface area contributed by atoms with Crippen LogP contribution in [0.3, 0.4) is 0 Å². The predicted molar refractivity (Wildman–Crippen MR) is 76.0 cm³/mol. The second-order valence-corrected chi connectivity index (χ2v) is 7.17. The zero-order valence-electron chi connectivity index (χ0n) is 12.6. The van der Waals surface area contributed by atoms with Gasteiger partial charge in [0, 0.05) is 18.1 Å². The van der Waals surface area contributed by atoms with E-state index in [2.05, 4.69) is 0 Å². The standard InChI is InChI=1S/C15H28N2O2/c1-14(2,3)19-13(18)17-10-7-12(16)11-15(17)8-5-4-6-9-15/h12H,4-11,16H2,1-3H3/t12-/m1/s1. The zero-order valence-corrected chi connectivity index (χ0v) is 12.6. The molecule has 4 nitrogen and oxygen atoms in total. The Morgan fingerprint density at radius 3 is 2.47 bits per heavy atom. The lowest BCUT2D eigenvalue weighted by Gasteiger charge is -2.51. The fourth-order valence-corrected chi connectivity index (χ4v) is 3.52. The van der Waals surface area contributed by atoms with Crippen LogP contribution in [0.4, 0.5) is 4.79 Å². The average molecular weight is 268 g/mol. The summed E-state index contributed by atoms with van der Waals surface area (Å²) in [6, 6.07) is 0.233. The van der Waals surface area contributed by atoms with E-state index in [4.69, 9.17) is 10.5 Å². The molecule has 110 valence electrons. The SMILES string of the molecule is CC(C)(C)OC(=O)N1CC[C@@H](N)CC12CCCCC2. The predicted octanol–water partition coefficient (Wildman–Crippen LogP) is 3.05. The topological polar surface area (TPSA) is 55.6 Å². The Morgan fingerprint density at radius 2 is 1.89 bits per heavy atom. The van der Waals surface area contributed by atoms with Crippen LogP contribution in [0.15, 0.2) is 0 Å². The van der Waals surface area contributed by atoms with Crippen LogP contribution in [0.2, 0.25) is 0 Å². The molecular weight excluding hydrogens is 240 g/mol. The first-order chi connectivity index (χ1) is 8.82. The highest BCUT2D eigenvalue weighted by Crippen LogP contribution is 2.40. The third kappa shape index (κ3) is 3.41. The van der Waals surface area contributed by atoms with Crippen LogP contribution >= 0.6 is 0 Å². The minimum absolute atomic E-state index is 0.0295. The van der Waals surface area contributed by atoms with E-state index in [-0.39, 0.29) is 17.7 Å². The van der Waals surface area contributed by atoms with E-state index in [9.17, 15) is 4.79 Å². The lowest BCUT2D eigenvalue weighted by molar-refractivity contribution is -0.0304. The van der Waals surface area contributed by atoms with Gasteiger partial charge < -0.3 is 15.4 Å². The summed E-state index contributed by atoms with van der Waals surface area (Å²) < 4.78 is 5.59. The van der Waals surface area contributed by atoms with Gasteiger partial charge in [-0.3, -0.25) is 0 Å². The molecule has 2 rings (SSSR count). The fourth-order valence-electron chi connectivity index (χ4n) is 3.52. The number of hydrogen-bond acceptors (Lipinski definition) is 3. The zero-order chi connectivity index (χ0) is 14.1. The van der Waals surface area contributed by atoms with E-state index in [0.717, 1.165) is 32.2 Å². The molecule has 2 N–H and O–H groups in total. The van der Waals surface area contributed by atoms with Crippen molar-refractivity contribution in [3.63, 3.8) is 0 Å². The Labute approximate surface area is 116 Å². The summed E-state index contributed by atoms with van der Waals surface area (Å²) in [5.41, 5.74) is 5.70. The number of amides is 1. The summed E-state index contributed by atoms with van der Waals surface area (Å²) in [5, 5.41) is 0. The smallest absolute Gasteiger partial charge is 0.410 e. The molecular formula is C15H28N2O2. The minimum Gasteiger partial charge on any atom is -0.444 e. The monoisotopic (exact) mass is 268 g/mol. The van der Waals surface area contributed by atoms with Gasteiger partial charge in [0.15, 0.2) is 0 Å². The van der Waals surface area contributed by atoms with Crippen molar-refractivity contribution in [1.29, 1.82) is 0 Å². The number of likely N-dealkylation sites (tertiary alicyclic amines) is 1. The van der Waals surface area contributed by atoms with E-state index in [1.807, 2.05) is 25.7 Å². The van der Waals surface area contributed by atoms with E-state index in [1.54, 1.807) is 0 Å². The largest absolute Gasteiger partial charge is 0.444 e. The molecule has 0 aromatic rings. The highest BCUT2D eigenvalue weighted by atomic mass is 16.6. The summed E-state index contributed by atoms with van der Waals surface area (Å²) in [6.07, 6.45) is 7.52. The molecule has 0 radical (unpaired) electrons. The third-order valence-corrected chi connectivity index (χ3v) is 4.34. The van der Waals surface area contributed by atoms with Crippen molar-refractivity contribution in [2.45, 2.75) is 82.9 Å². The second kappa shape index (κ2) is 5.31. The lowest BCUT2D eigenvalue weighted by atomic mass is 9.73. The number of nitrogens with two attached hydrogens (primary N) is 1. The molecule has 1 aliphatic heterocycles. The Hall–Kier alpha value is -0.770. The molecule has 0 unspecified atom stereocenters. The van der Waals surface area contributed by atoms with Crippen LogP contribution < -0.4 is 5.73 Å². The molecule has 0 bridgehead atoms. The van der Waals surface area contributed by atoms with E-state index >= 15 is 0 Å². The number of ether oxygens (including phenoxy) is 1. The molecule has 1 spiro atoms. The molecule has 1 saturated carbocycles. The molecule has 1 heterocycles. The van der Waals surface area contributed by atoms with Gasteiger partial charge in [0.05, 0.1) is 0 Å². The summed E-state index contributed by atoms with van der Waals surface area (Å²) in [7, 11) is 0. The lowest BCUT2D eigenvalue weighted by Crippen LogP contribution is -2.60. The van der Waals surface area contributed by atoms with Crippen LogP contribution in [-0.4, -0.2) is 34.7 Å². The van der Waals surface area contributed by atoms with Crippen LogP contribution in [0, 0.1) is 0 Å². The van der Waals surface area contributed by atoms with Crippen molar-refractivity contribution in [3.8, 4) is 0 Å². The van der Waals surface area contributed by atoms with Gasteiger partial charge in [-0.25, -0.2) is 4.79 Å². The molecule has 19 heavy (non-hydrogen) atoms. The van der Waals surface area contributed by atoms with Gasteiger partial charge in [-0.05, 0) is 46.5 Å². The van der Waals surface area contributed by atoms with Gasteiger partial charge in [0.25, 0.3) is 0 Å². The van der Waals surface area contributed by atoms with Gasteiger partial charge in [0.1, 0.15) is 5.60 Å². The van der Waals surface area contributed by atoms with Gasteiger partial charge in [0.2, 0.25) is 0 Å². The number of piperidine rings is 1. The van der Waals surface area contributed by atoms with Crippen LogP contribution in [0.1, 0.15) is 65.7 Å². The maximum Gasteiger partial charge on any atom is 0.410 e. The second-order valence-electron chi connectivity index (χ2n) is 7.17. The van der Waals surface area contributed by atoms with Crippen LogP contribution in [-0.2, 0) is 4.74 Å². The molecule has 0 aromatic carbocycles. The number of carbonyl (C=O) groups is 1. The van der Waals surface area contributed by atoms with Crippen molar-refractivity contribution in [2.75, 3.05) is 6.54 Å². The summed E-state index contributed by atoms with van der Waals surface area (Å²) in [6.45, 7) is 6.52. The first-order valence-electron chi connectivity index (χ1n) is 7.59. The maximum atomic E-state index is 12.5. The summed E-state index contributed by atoms with van der Waals surface area (Å²) >= 11 is 0. The highest BCUT2D eigenvalue weighted by Gasteiger charge is 2.45. The van der Waals surface area contributed by atoms with Gasteiger partial charge >= 0.3 is 6.09 Å². The highest BCUT2D eigenvalue weighted by molar-refractivity contribution is 5.69. The first kappa shape index (κ1) is 14.6. The number of hydrogen-bond donors (Lipinski definition) is 1. The molecule has 4 heteroatoms. The van der Waals surface area contributed by atoms with Gasteiger partial charge in [-0.2, -0.15) is 0 Å². The Morgan fingerprint density at radius 1 is 1.26 bits per heavy atom. The molecule has 1 amide bonds. The van der Waals surface area contributed by atoms with E-state index < -0.39 is 5.60 Å². The van der Waals surface area contributed by atoms with Gasteiger partial charge in [-0.1, -0.05) is 19.3 Å². The van der Waals surface area contributed by atoms with Crippen molar-refractivity contribution < 1.29 is 9.53 Å². The molecule has 1 atom stereocenters. The Kier molecular flexibility index (Phi) is 4.09. The van der Waals surface area contributed by atoms with Crippen LogP contribution in [0.25, 0.3) is 0 Å². The Balaban J connectivity index is 2.13. The summed E-state index contributed by atoms with van der Waals surface area (Å²) in [4.78, 5) is 14.4. The minimum atomic E-state index is -0.424. The van der Waals surface area contributed by atoms with Crippen molar-refractivity contribution in [1.82, 2.24) is 4.90 Å². The summed E-state index contributed by atoms with van der Waals surface area (Å²) in [5.74, 6) is 0. The van der Waals surface area contributed by atoms with Crippen molar-refractivity contribution in [2.24, 2.45) is 5.73 Å². The van der Waals surface area contributed by atoms with Crippen molar-refractivity contribution >= 4 is 6.09 Å². The maximum absolute atomic E-state index is 12.5. The Bertz CT molecular complexity index is 330. The van der Waals surface area contributed by atoms with E-state index in [0.29, 0.717) is 0 Å². The molecule has 1 aliphatic carbocycles. The molecule has 2 aliphatic rings. The molecule has 0 aromatic heterocycles. The van der Waals surface area contributed by atoms with Crippen LogP contribution in [0.5, 0.6) is 0 Å². The fraction of sp³-hybridized carbons (Fsp3) is 0.933.